The second kappa shape index (κ2) is 6.01. The largest absolute Gasteiger partial charge is 0.301 e. The van der Waals surface area contributed by atoms with Crippen LogP contribution >= 0.6 is 11.3 Å². The Labute approximate surface area is 125 Å². The van der Waals surface area contributed by atoms with Crippen molar-refractivity contribution >= 4 is 27.3 Å². The molecule has 2 aromatic heterocycles. The van der Waals surface area contributed by atoms with Crippen LogP contribution in [0.2, 0.25) is 0 Å². The maximum absolute atomic E-state index is 11.7. The van der Waals surface area contributed by atoms with Gasteiger partial charge in [0.25, 0.3) is 0 Å². The average Bonchev–Trinajstić information content (AvgIpc) is 3.05. The lowest BCUT2D eigenvalue weighted by atomic mass is 10.2. The van der Waals surface area contributed by atoms with Gasteiger partial charge in [0.05, 0.1) is 0 Å². The Kier molecular flexibility index (Phi) is 3.92. The van der Waals surface area contributed by atoms with E-state index in [1.165, 1.54) is 11.3 Å². The maximum Gasteiger partial charge on any atom is 0.236 e. The van der Waals surface area contributed by atoms with Gasteiger partial charge in [0.1, 0.15) is 0 Å². The summed E-state index contributed by atoms with van der Waals surface area (Å²) in [6.45, 7) is 2.06. The molecule has 2 heterocycles. The molecule has 0 radical (unpaired) electrons. The van der Waals surface area contributed by atoms with Gasteiger partial charge < -0.3 is 5.32 Å². The normalized spacial score (nSPS) is 10.9. The first kappa shape index (κ1) is 13.7. The van der Waals surface area contributed by atoms with Crippen LogP contribution in [0.1, 0.15) is 26.2 Å². The molecule has 1 amide bonds. The summed E-state index contributed by atoms with van der Waals surface area (Å²) in [7, 11) is 0. The molecule has 6 nitrogen and oxygen atoms in total. The molecule has 1 N–H and O–H groups in total. The lowest BCUT2D eigenvalue weighted by Crippen LogP contribution is -2.11. The number of amides is 1. The van der Waals surface area contributed by atoms with E-state index < -0.39 is 0 Å². The number of hydrogen-bond acceptors (Lipinski definition) is 5. The Bertz CT molecular complexity index is 749. The summed E-state index contributed by atoms with van der Waals surface area (Å²) < 4.78 is 1.66. The summed E-state index contributed by atoms with van der Waals surface area (Å²) in [6.07, 6.45) is 2.39. The van der Waals surface area contributed by atoms with Gasteiger partial charge >= 0.3 is 0 Å². The number of carbonyl (C=O) groups is 1. The van der Waals surface area contributed by atoms with Crippen molar-refractivity contribution in [3.05, 3.63) is 30.3 Å². The van der Waals surface area contributed by atoms with Crippen LogP contribution in [0.15, 0.2) is 30.3 Å². The summed E-state index contributed by atoms with van der Waals surface area (Å²) in [5, 5.41) is 16.0. The molecular formula is C14H15N5OS. The number of benzene rings is 1. The number of nitrogens with zero attached hydrogens (tertiary/aromatic N) is 4. The number of nitrogens with one attached hydrogen (secondary N) is 1. The van der Waals surface area contributed by atoms with Gasteiger partial charge in [-0.15, -0.1) is 15.3 Å². The van der Waals surface area contributed by atoms with Crippen molar-refractivity contribution in [3.8, 4) is 11.4 Å². The third kappa shape index (κ3) is 2.92. The second-order valence-corrected chi connectivity index (χ2v) is 5.60. The fourth-order valence-corrected chi connectivity index (χ4v) is 2.71. The van der Waals surface area contributed by atoms with Crippen molar-refractivity contribution in [2.24, 2.45) is 0 Å². The first-order chi connectivity index (χ1) is 10.3. The Balaban J connectivity index is 1.85. The van der Waals surface area contributed by atoms with Crippen LogP contribution in [0.5, 0.6) is 0 Å². The van der Waals surface area contributed by atoms with Crippen molar-refractivity contribution in [3.63, 3.8) is 0 Å². The number of anilines is 1. The molecule has 0 bridgehead atoms. The van der Waals surface area contributed by atoms with Crippen molar-refractivity contribution in [1.29, 1.82) is 0 Å². The van der Waals surface area contributed by atoms with E-state index in [-0.39, 0.29) is 5.91 Å². The van der Waals surface area contributed by atoms with E-state index in [1.807, 2.05) is 30.3 Å². The van der Waals surface area contributed by atoms with Gasteiger partial charge in [-0.25, -0.2) is 0 Å². The number of hydrogen-bond donors (Lipinski definition) is 1. The summed E-state index contributed by atoms with van der Waals surface area (Å²) in [4.78, 5) is 12.4. The van der Waals surface area contributed by atoms with E-state index in [1.54, 1.807) is 4.52 Å². The van der Waals surface area contributed by atoms with Crippen molar-refractivity contribution < 1.29 is 4.79 Å². The SMILES string of the molecule is CCCCC(=O)Nc1nn2c(-c3ccccc3)nnc2s1. The van der Waals surface area contributed by atoms with Gasteiger partial charge in [0.15, 0.2) is 5.82 Å². The fourth-order valence-electron chi connectivity index (χ4n) is 1.95. The monoisotopic (exact) mass is 301 g/mol. The molecule has 0 aliphatic carbocycles. The molecule has 0 saturated carbocycles. The Morgan fingerprint density at radius 3 is 2.86 bits per heavy atom. The van der Waals surface area contributed by atoms with Crippen LogP contribution in [0.25, 0.3) is 16.3 Å². The Morgan fingerprint density at radius 1 is 1.29 bits per heavy atom. The van der Waals surface area contributed by atoms with E-state index in [4.69, 9.17) is 0 Å². The molecule has 0 aliphatic rings. The zero-order chi connectivity index (χ0) is 14.7. The Hall–Kier alpha value is -2.28. The van der Waals surface area contributed by atoms with Gasteiger partial charge in [-0.3, -0.25) is 4.79 Å². The van der Waals surface area contributed by atoms with Gasteiger partial charge in [-0.05, 0) is 6.42 Å². The quantitative estimate of drug-likeness (QED) is 0.786. The lowest BCUT2D eigenvalue weighted by molar-refractivity contribution is -0.116. The standard InChI is InChI=1S/C14H15N5OS/c1-2-3-9-11(20)15-13-18-19-12(16-17-14(19)21-13)10-7-5-4-6-8-10/h4-8H,2-3,9H2,1H3,(H,15,18,20). The Morgan fingerprint density at radius 2 is 2.10 bits per heavy atom. The molecule has 108 valence electrons. The van der Waals surface area contributed by atoms with Crippen LogP contribution in [-0.4, -0.2) is 25.7 Å². The van der Waals surface area contributed by atoms with Gasteiger partial charge in [0.2, 0.25) is 16.0 Å². The molecule has 0 fully saturated rings. The molecule has 3 aromatic rings. The van der Waals surface area contributed by atoms with E-state index in [2.05, 4.69) is 27.5 Å². The molecule has 3 rings (SSSR count). The summed E-state index contributed by atoms with van der Waals surface area (Å²) in [5.41, 5.74) is 0.944. The highest BCUT2D eigenvalue weighted by Gasteiger charge is 2.14. The zero-order valence-corrected chi connectivity index (χ0v) is 12.4. The molecule has 0 spiro atoms. The third-order valence-corrected chi connectivity index (χ3v) is 3.84. The summed E-state index contributed by atoms with van der Waals surface area (Å²) >= 11 is 1.32. The first-order valence-corrected chi connectivity index (χ1v) is 7.67. The molecule has 0 unspecified atom stereocenters. The highest BCUT2D eigenvalue weighted by molar-refractivity contribution is 7.20. The van der Waals surface area contributed by atoms with E-state index in [0.29, 0.717) is 22.3 Å². The highest BCUT2D eigenvalue weighted by Crippen LogP contribution is 2.23. The minimum atomic E-state index is -0.0110. The molecule has 0 saturated heterocycles. The minimum absolute atomic E-state index is 0.0110. The number of unbranched alkanes of at least 4 members (excludes halogenated alkanes) is 1. The van der Waals surface area contributed by atoms with E-state index in [0.717, 1.165) is 18.4 Å². The topological polar surface area (TPSA) is 72.2 Å². The minimum Gasteiger partial charge on any atom is -0.301 e. The second-order valence-electron chi connectivity index (χ2n) is 4.64. The summed E-state index contributed by atoms with van der Waals surface area (Å²) in [6, 6.07) is 9.74. The third-order valence-electron chi connectivity index (χ3n) is 3.03. The van der Waals surface area contributed by atoms with Gasteiger partial charge in [0, 0.05) is 12.0 Å². The predicted octanol–water partition coefficient (Wildman–Crippen LogP) is 2.98. The number of fused-ring (bicyclic) bond motifs is 1. The van der Waals surface area contributed by atoms with Crippen LogP contribution < -0.4 is 5.32 Å². The van der Waals surface area contributed by atoms with Crippen LogP contribution in [0, 0.1) is 0 Å². The van der Waals surface area contributed by atoms with E-state index in [9.17, 15) is 4.79 Å². The molecular weight excluding hydrogens is 286 g/mol. The molecule has 0 atom stereocenters. The fraction of sp³-hybridized carbons (Fsp3) is 0.286. The average molecular weight is 301 g/mol. The molecule has 0 aliphatic heterocycles. The van der Waals surface area contributed by atoms with Crippen molar-refractivity contribution in [1.82, 2.24) is 19.8 Å². The molecule has 21 heavy (non-hydrogen) atoms. The first-order valence-electron chi connectivity index (χ1n) is 6.85. The van der Waals surface area contributed by atoms with Crippen LogP contribution in [-0.2, 0) is 4.79 Å². The summed E-state index contributed by atoms with van der Waals surface area (Å²) in [5.74, 6) is 0.666. The molecule has 7 heteroatoms. The van der Waals surface area contributed by atoms with E-state index >= 15 is 0 Å². The number of rotatable bonds is 5. The molecule has 1 aromatic carbocycles. The van der Waals surface area contributed by atoms with Crippen molar-refractivity contribution in [2.45, 2.75) is 26.2 Å². The van der Waals surface area contributed by atoms with Crippen molar-refractivity contribution in [2.75, 3.05) is 5.32 Å². The van der Waals surface area contributed by atoms with Gasteiger partial charge in [-0.2, -0.15) is 4.52 Å². The smallest absolute Gasteiger partial charge is 0.236 e. The highest BCUT2D eigenvalue weighted by atomic mass is 32.1. The lowest BCUT2D eigenvalue weighted by Gasteiger charge is -1.99. The van der Waals surface area contributed by atoms with Gasteiger partial charge in [-0.1, -0.05) is 55.0 Å². The predicted molar refractivity (Wildman–Crippen MR) is 82.2 cm³/mol. The maximum atomic E-state index is 11.7. The van der Waals surface area contributed by atoms with Crippen LogP contribution in [0.4, 0.5) is 5.13 Å². The zero-order valence-electron chi connectivity index (χ0n) is 11.6. The number of aromatic nitrogens is 4. The van der Waals surface area contributed by atoms with Crippen LogP contribution in [0.3, 0.4) is 0 Å². The number of carbonyl (C=O) groups excluding carboxylic acids is 1.